The van der Waals surface area contributed by atoms with Crippen LogP contribution in [0.15, 0.2) is 102 Å². The van der Waals surface area contributed by atoms with Gasteiger partial charge >= 0.3 is 0 Å². The lowest BCUT2D eigenvalue weighted by Crippen LogP contribution is -2.53. The molecule has 4 rings (SSSR count). The summed E-state index contributed by atoms with van der Waals surface area (Å²) >= 11 is 0. The number of benzene rings is 4. The first-order valence-electron chi connectivity index (χ1n) is 16.1. The van der Waals surface area contributed by atoms with Gasteiger partial charge in [0.1, 0.15) is 24.1 Å². The summed E-state index contributed by atoms with van der Waals surface area (Å²) in [7, 11) is -1.25. The maximum absolute atomic E-state index is 14.7. The van der Waals surface area contributed by atoms with Crippen molar-refractivity contribution < 1.29 is 27.5 Å². The number of anilines is 1. The van der Waals surface area contributed by atoms with Crippen molar-refractivity contribution in [3.63, 3.8) is 0 Å². The van der Waals surface area contributed by atoms with Gasteiger partial charge in [0, 0.05) is 19.5 Å². The van der Waals surface area contributed by atoms with E-state index in [0.29, 0.717) is 18.0 Å². The number of ether oxygens (including phenoxy) is 2. The molecule has 0 saturated heterocycles. The van der Waals surface area contributed by atoms with Crippen molar-refractivity contribution in [1.82, 2.24) is 10.2 Å². The number of sulfonamides is 1. The molecule has 0 aliphatic carbocycles. The zero-order valence-electron chi connectivity index (χ0n) is 28.3. The van der Waals surface area contributed by atoms with E-state index in [1.54, 1.807) is 43.5 Å². The Morgan fingerprint density at radius 1 is 0.812 bits per heavy atom. The maximum atomic E-state index is 14.7. The molecule has 0 heterocycles. The van der Waals surface area contributed by atoms with Crippen LogP contribution in [0.3, 0.4) is 0 Å². The van der Waals surface area contributed by atoms with E-state index in [-0.39, 0.29) is 29.5 Å². The standard InChI is InChI=1S/C38H45N3O6S/c1-6-7-22-39-38(43)35(25-30-12-9-8-10-13-30)40(26-31-14-11-15-32(24-31)46-4)37(42)27-41(34-23-29(3)18-21-36(34)47-5)48(44,45)33-19-16-28(2)17-20-33/h8-21,23-24,35H,6-7,22,25-27H2,1-5H3,(H,39,43)/t35-/m1/s1. The molecule has 254 valence electrons. The van der Waals surface area contributed by atoms with Gasteiger partial charge in [-0.05, 0) is 73.4 Å². The molecule has 4 aromatic rings. The Labute approximate surface area is 284 Å². The van der Waals surface area contributed by atoms with Crippen molar-refractivity contribution >= 4 is 27.5 Å². The molecule has 0 saturated carbocycles. The molecule has 0 bridgehead atoms. The summed E-state index contributed by atoms with van der Waals surface area (Å²) in [5.74, 6) is 0.0230. The summed E-state index contributed by atoms with van der Waals surface area (Å²) in [4.78, 5) is 30.2. The normalized spacial score (nSPS) is 11.8. The van der Waals surface area contributed by atoms with Crippen LogP contribution in [0.25, 0.3) is 0 Å². The van der Waals surface area contributed by atoms with E-state index in [2.05, 4.69) is 5.32 Å². The number of methoxy groups -OCH3 is 2. The van der Waals surface area contributed by atoms with E-state index in [1.165, 1.54) is 24.1 Å². The van der Waals surface area contributed by atoms with Gasteiger partial charge in [-0.2, -0.15) is 0 Å². The van der Waals surface area contributed by atoms with E-state index >= 15 is 0 Å². The van der Waals surface area contributed by atoms with Gasteiger partial charge in [0.25, 0.3) is 10.0 Å². The van der Waals surface area contributed by atoms with Gasteiger partial charge in [-0.25, -0.2) is 8.42 Å². The number of hydrogen-bond acceptors (Lipinski definition) is 6. The van der Waals surface area contributed by atoms with Crippen molar-refractivity contribution in [3.05, 3.63) is 119 Å². The highest BCUT2D eigenvalue weighted by molar-refractivity contribution is 7.92. The molecule has 9 nitrogen and oxygen atoms in total. The molecule has 2 amide bonds. The van der Waals surface area contributed by atoms with Crippen LogP contribution in [0, 0.1) is 13.8 Å². The highest BCUT2D eigenvalue weighted by atomic mass is 32.2. The monoisotopic (exact) mass is 671 g/mol. The van der Waals surface area contributed by atoms with Crippen LogP contribution in [-0.4, -0.2) is 58.5 Å². The zero-order valence-corrected chi connectivity index (χ0v) is 29.1. The Bertz CT molecular complexity index is 1780. The second-order valence-corrected chi connectivity index (χ2v) is 13.6. The summed E-state index contributed by atoms with van der Waals surface area (Å²) < 4.78 is 40.9. The molecule has 0 spiro atoms. The molecule has 0 radical (unpaired) electrons. The van der Waals surface area contributed by atoms with E-state index in [0.717, 1.165) is 39.4 Å². The molecule has 1 atom stereocenters. The van der Waals surface area contributed by atoms with Crippen LogP contribution >= 0.6 is 0 Å². The molecule has 0 aliphatic rings. The van der Waals surface area contributed by atoms with E-state index in [4.69, 9.17) is 9.47 Å². The van der Waals surface area contributed by atoms with Crippen molar-refractivity contribution in [2.75, 3.05) is 31.6 Å². The Morgan fingerprint density at radius 3 is 2.17 bits per heavy atom. The highest BCUT2D eigenvalue weighted by Crippen LogP contribution is 2.34. The lowest BCUT2D eigenvalue weighted by Gasteiger charge is -2.34. The summed E-state index contributed by atoms with van der Waals surface area (Å²) in [6, 6.07) is 27.5. The quantitative estimate of drug-likeness (QED) is 0.145. The lowest BCUT2D eigenvalue weighted by atomic mass is 10.0. The maximum Gasteiger partial charge on any atom is 0.264 e. The number of amides is 2. The van der Waals surface area contributed by atoms with Gasteiger partial charge in [-0.1, -0.05) is 79.6 Å². The number of unbranched alkanes of at least 4 members (excludes halogenated alkanes) is 1. The summed E-state index contributed by atoms with van der Waals surface area (Å²) in [5, 5.41) is 3.01. The van der Waals surface area contributed by atoms with Gasteiger partial charge in [-0.3, -0.25) is 13.9 Å². The molecular weight excluding hydrogens is 627 g/mol. The van der Waals surface area contributed by atoms with Crippen LogP contribution in [0.1, 0.15) is 42.0 Å². The third kappa shape index (κ3) is 9.16. The number of hydrogen-bond donors (Lipinski definition) is 1. The summed E-state index contributed by atoms with van der Waals surface area (Å²) in [6.07, 6.45) is 1.90. The first-order chi connectivity index (χ1) is 23.1. The molecule has 1 N–H and O–H groups in total. The molecular formula is C38H45N3O6S. The van der Waals surface area contributed by atoms with Gasteiger partial charge in [0.15, 0.2) is 0 Å². The number of nitrogens with one attached hydrogen (secondary N) is 1. The predicted molar refractivity (Wildman–Crippen MR) is 189 cm³/mol. The molecule has 0 aromatic heterocycles. The van der Waals surface area contributed by atoms with Crippen LogP contribution in [0.2, 0.25) is 0 Å². The smallest absolute Gasteiger partial charge is 0.264 e. The molecule has 0 fully saturated rings. The Hall–Kier alpha value is -4.83. The second kappa shape index (κ2) is 16.8. The zero-order chi connectivity index (χ0) is 34.7. The van der Waals surface area contributed by atoms with Crippen molar-refractivity contribution in [3.8, 4) is 11.5 Å². The minimum Gasteiger partial charge on any atom is -0.497 e. The highest BCUT2D eigenvalue weighted by Gasteiger charge is 2.35. The minimum atomic E-state index is -4.27. The third-order valence-electron chi connectivity index (χ3n) is 8.08. The Balaban J connectivity index is 1.85. The lowest BCUT2D eigenvalue weighted by molar-refractivity contribution is -0.140. The average Bonchev–Trinajstić information content (AvgIpc) is 3.09. The molecule has 10 heteroatoms. The minimum absolute atomic E-state index is 0.0296. The van der Waals surface area contributed by atoms with Crippen molar-refractivity contribution in [1.29, 1.82) is 0 Å². The van der Waals surface area contributed by atoms with Crippen LogP contribution in [0.4, 0.5) is 5.69 Å². The van der Waals surface area contributed by atoms with Gasteiger partial charge < -0.3 is 19.7 Å². The fourth-order valence-electron chi connectivity index (χ4n) is 5.37. The Kier molecular flexibility index (Phi) is 12.6. The summed E-state index contributed by atoms with van der Waals surface area (Å²) in [6.45, 7) is 5.67. The third-order valence-corrected chi connectivity index (χ3v) is 9.85. The number of aryl methyl sites for hydroxylation is 2. The second-order valence-electron chi connectivity index (χ2n) is 11.7. The van der Waals surface area contributed by atoms with Crippen molar-refractivity contribution in [2.45, 2.75) is 57.5 Å². The number of carbonyl (C=O) groups excluding carboxylic acids is 2. The van der Waals surface area contributed by atoms with Gasteiger partial charge in [0.05, 0.1) is 24.8 Å². The first-order valence-corrected chi connectivity index (χ1v) is 17.5. The SMILES string of the molecule is CCCCNC(=O)[C@@H](Cc1ccccc1)N(Cc1cccc(OC)c1)C(=O)CN(c1cc(C)ccc1OC)S(=O)(=O)c1ccc(C)cc1. The molecule has 0 unspecified atom stereocenters. The van der Waals surface area contributed by atoms with Crippen molar-refractivity contribution in [2.24, 2.45) is 0 Å². The molecule has 0 aliphatic heterocycles. The van der Waals surface area contributed by atoms with Gasteiger partial charge in [-0.15, -0.1) is 0 Å². The van der Waals surface area contributed by atoms with Gasteiger partial charge in [0.2, 0.25) is 11.8 Å². The summed E-state index contributed by atoms with van der Waals surface area (Å²) in [5.41, 5.74) is 3.49. The first kappa shape index (κ1) is 36.0. The number of carbonyl (C=O) groups is 2. The van der Waals surface area contributed by atoms with E-state index in [1.807, 2.05) is 69.3 Å². The fourth-order valence-corrected chi connectivity index (χ4v) is 6.79. The van der Waals surface area contributed by atoms with E-state index in [9.17, 15) is 18.0 Å². The molecule has 4 aromatic carbocycles. The van der Waals surface area contributed by atoms with Crippen LogP contribution in [0.5, 0.6) is 11.5 Å². The molecule has 48 heavy (non-hydrogen) atoms. The number of rotatable bonds is 16. The fraction of sp³-hybridized carbons (Fsp3) is 0.316. The average molecular weight is 672 g/mol. The van der Waals surface area contributed by atoms with Crippen LogP contribution < -0.4 is 19.1 Å². The van der Waals surface area contributed by atoms with E-state index < -0.39 is 28.5 Å². The predicted octanol–water partition coefficient (Wildman–Crippen LogP) is 6.07. The number of nitrogens with zero attached hydrogens (tertiary/aromatic N) is 2. The van der Waals surface area contributed by atoms with Crippen LogP contribution in [-0.2, 0) is 32.6 Å². The largest absolute Gasteiger partial charge is 0.497 e. The topological polar surface area (TPSA) is 105 Å². The Morgan fingerprint density at radius 2 is 1.50 bits per heavy atom.